The molecule has 0 aromatic rings. The van der Waals surface area contributed by atoms with Crippen LogP contribution >= 0.6 is 11.8 Å². The maximum absolute atomic E-state index is 10.8. The van der Waals surface area contributed by atoms with Gasteiger partial charge in [-0.15, -0.1) is 0 Å². The minimum atomic E-state index is -1.20. The summed E-state index contributed by atoms with van der Waals surface area (Å²) in [7, 11) is 1.23. The van der Waals surface area contributed by atoms with Gasteiger partial charge in [-0.1, -0.05) is 0 Å². The lowest BCUT2D eigenvalue weighted by molar-refractivity contribution is -0.148. The van der Waals surface area contributed by atoms with Crippen LogP contribution in [0.25, 0.3) is 0 Å². The second-order valence-electron chi connectivity index (χ2n) is 2.08. The number of halogens is 1. The Kier molecular flexibility index (Phi) is 3.63. The molecule has 0 heterocycles. The maximum atomic E-state index is 10.8. The topological polar surface area (TPSA) is 58.6 Å². The van der Waals surface area contributed by atoms with Crippen LogP contribution in [0.1, 0.15) is 6.92 Å². The minimum absolute atomic E-state index is 0.400. The van der Waals surface area contributed by atoms with Crippen molar-refractivity contribution in [1.29, 1.82) is 0 Å². The van der Waals surface area contributed by atoms with Gasteiger partial charge in [0.15, 0.2) is 5.54 Å². The average molecular weight is 168 g/mol. The van der Waals surface area contributed by atoms with Gasteiger partial charge in [0.25, 0.3) is 0 Å². The van der Waals surface area contributed by atoms with E-state index in [0.717, 1.165) is 0 Å². The van der Waals surface area contributed by atoms with E-state index in [-0.39, 0.29) is 0 Å². The maximum Gasteiger partial charge on any atom is 0.329 e. The summed E-state index contributed by atoms with van der Waals surface area (Å²) in [6, 6.07) is 0. The van der Waals surface area contributed by atoms with Crippen molar-refractivity contribution >= 4 is 17.7 Å². The van der Waals surface area contributed by atoms with Crippen LogP contribution in [-0.4, -0.2) is 30.3 Å². The Labute approximate surface area is 64.2 Å². The van der Waals surface area contributed by atoms with Gasteiger partial charge in [-0.2, -0.15) is 0 Å². The van der Waals surface area contributed by atoms with E-state index < -0.39 is 18.1 Å². The van der Waals surface area contributed by atoms with Crippen LogP contribution in [0.2, 0.25) is 0 Å². The van der Waals surface area contributed by atoms with Crippen molar-refractivity contribution in [3.8, 4) is 0 Å². The van der Waals surface area contributed by atoms with Gasteiger partial charge in [-0.05, 0) is 18.7 Å². The number of aliphatic hydroxyl groups excluding tert-OH is 1. The van der Waals surface area contributed by atoms with Gasteiger partial charge in [0.2, 0.25) is 0 Å². The number of hydrogen-bond donors (Lipinski definition) is 2. The first-order valence-electron chi connectivity index (χ1n) is 2.68. The Hall–Kier alpha value is -0.320. The molecule has 0 aliphatic heterocycles. The van der Waals surface area contributed by atoms with E-state index in [1.807, 2.05) is 0 Å². The predicted molar refractivity (Wildman–Crippen MR) is 36.5 cm³/mol. The second-order valence-corrected chi connectivity index (χ2v) is 2.27. The van der Waals surface area contributed by atoms with Crippen molar-refractivity contribution in [3.05, 3.63) is 0 Å². The van der Waals surface area contributed by atoms with Gasteiger partial charge in [0.1, 0.15) is 0 Å². The monoisotopic (exact) mass is 167 g/mol. The zero-order chi connectivity index (χ0) is 8.20. The predicted octanol–water partition coefficient (Wildman–Crippen LogP) is -0.346. The summed E-state index contributed by atoms with van der Waals surface area (Å²) in [5.74, 6) is -0.593. The summed E-state index contributed by atoms with van der Waals surface area (Å²) in [4.78, 5) is 12.9. The number of methoxy groups -OCH3 is 1. The third-order valence-electron chi connectivity index (χ3n) is 1.16. The fourth-order valence-corrected chi connectivity index (χ4v) is 0.495. The highest BCUT2D eigenvalue weighted by Crippen LogP contribution is 2.05. The normalized spacial score (nSPS) is 16.0. The minimum Gasteiger partial charge on any atom is -0.468 e. The van der Waals surface area contributed by atoms with Crippen LogP contribution in [0.4, 0.5) is 0 Å². The Balaban J connectivity index is 4.17. The molecule has 0 aliphatic carbocycles. The Bertz CT molecular complexity index is 124. The van der Waals surface area contributed by atoms with Crippen LogP contribution in [0.3, 0.4) is 0 Å². The quantitative estimate of drug-likeness (QED) is 0.446. The molecule has 0 fully saturated rings. The molecule has 0 amide bonds. The number of esters is 1. The van der Waals surface area contributed by atoms with E-state index in [1.54, 1.807) is 0 Å². The first-order valence-corrected chi connectivity index (χ1v) is 3.05. The highest BCUT2D eigenvalue weighted by molar-refractivity contribution is 6.15. The molecule has 5 heteroatoms. The van der Waals surface area contributed by atoms with Crippen molar-refractivity contribution in [1.82, 2.24) is 4.84 Å². The molecule has 0 aliphatic rings. The van der Waals surface area contributed by atoms with E-state index in [4.69, 9.17) is 16.9 Å². The molecular weight excluding hydrogens is 158 g/mol. The third-order valence-corrected chi connectivity index (χ3v) is 1.58. The molecule has 0 bridgehead atoms. The highest BCUT2D eigenvalue weighted by atomic mass is 35.5. The van der Waals surface area contributed by atoms with Crippen molar-refractivity contribution in [3.63, 3.8) is 0 Å². The molecule has 1 atom stereocenters. The first-order chi connectivity index (χ1) is 4.60. The number of ether oxygens (including phenoxy) is 1. The molecule has 10 heavy (non-hydrogen) atoms. The highest BCUT2D eigenvalue weighted by Gasteiger charge is 2.32. The lowest BCUT2D eigenvalue weighted by Crippen LogP contribution is -2.49. The number of nitrogens with one attached hydrogen (secondary N) is 1. The van der Waals surface area contributed by atoms with Crippen molar-refractivity contribution < 1.29 is 14.6 Å². The molecule has 0 spiro atoms. The van der Waals surface area contributed by atoms with E-state index in [0.29, 0.717) is 0 Å². The van der Waals surface area contributed by atoms with Gasteiger partial charge in [0, 0.05) is 0 Å². The Morgan fingerprint density at radius 1 is 1.90 bits per heavy atom. The number of hydrogen-bond acceptors (Lipinski definition) is 4. The van der Waals surface area contributed by atoms with E-state index in [1.165, 1.54) is 14.0 Å². The molecule has 0 unspecified atom stereocenters. The second kappa shape index (κ2) is 3.75. The van der Waals surface area contributed by atoms with Gasteiger partial charge in [-0.25, -0.2) is 9.63 Å². The smallest absolute Gasteiger partial charge is 0.329 e. The number of aliphatic hydroxyl groups is 1. The molecule has 0 radical (unpaired) electrons. The van der Waals surface area contributed by atoms with E-state index in [9.17, 15) is 4.79 Å². The molecular formula is C5H10ClNO3. The Morgan fingerprint density at radius 3 is 2.50 bits per heavy atom. The van der Waals surface area contributed by atoms with Gasteiger partial charge < -0.3 is 9.84 Å². The molecule has 4 nitrogen and oxygen atoms in total. The fourth-order valence-electron chi connectivity index (χ4n) is 0.358. The summed E-state index contributed by atoms with van der Waals surface area (Å²) in [5.41, 5.74) is -1.20. The van der Waals surface area contributed by atoms with Crippen LogP contribution in [0.5, 0.6) is 0 Å². The summed E-state index contributed by atoms with van der Waals surface area (Å²) in [5, 5.41) is 8.64. The lowest BCUT2D eigenvalue weighted by atomic mass is 10.1. The largest absolute Gasteiger partial charge is 0.468 e. The Morgan fingerprint density at radius 2 is 2.40 bits per heavy atom. The first kappa shape index (κ1) is 9.68. The number of carbonyl (C=O) groups excluding carboxylic acids is 1. The molecule has 0 rings (SSSR count). The third kappa shape index (κ3) is 1.83. The van der Waals surface area contributed by atoms with Gasteiger partial charge >= 0.3 is 5.97 Å². The lowest BCUT2D eigenvalue weighted by Gasteiger charge is -2.20. The van der Waals surface area contributed by atoms with E-state index in [2.05, 4.69) is 9.57 Å². The van der Waals surface area contributed by atoms with Crippen molar-refractivity contribution in [2.45, 2.75) is 12.5 Å². The van der Waals surface area contributed by atoms with Gasteiger partial charge in [-0.3, -0.25) is 0 Å². The number of carbonyl (C=O) groups is 1. The van der Waals surface area contributed by atoms with Crippen molar-refractivity contribution in [2.24, 2.45) is 0 Å². The van der Waals surface area contributed by atoms with Crippen LogP contribution in [0.15, 0.2) is 0 Å². The summed E-state index contributed by atoms with van der Waals surface area (Å²) in [6.45, 7) is 1.04. The van der Waals surface area contributed by atoms with Crippen LogP contribution in [-0.2, 0) is 9.53 Å². The van der Waals surface area contributed by atoms with E-state index >= 15 is 0 Å². The van der Waals surface area contributed by atoms with Crippen molar-refractivity contribution in [2.75, 3.05) is 13.7 Å². The molecule has 0 saturated heterocycles. The number of rotatable bonds is 3. The van der Waals surface area contributed by atoms with Crippen LogP contribution < -0.4 is 4.84 Å². The van der Waals surface area contributed by atoms with Crippen LogP contribution in [0, 0.1) is 0 Å². The summed E-state index contributed by atoms with van der Waals surface area (Å²) >= 11 is 5.17. The SMILES string of the molecule is COC(=O)[C@@](C)(CO)NCl. The summed E-state index contributed by atoms with van der Waals surface area (Å²) in [6.07, 6.45) is 0. The summed E-state index contributed by atoms with van der Waals surface area (Å²) < 4.78 is 4.35. The average Bonchev–Trinajstić information content (AvgIpc) is 2.01. The molecule has 0 aromatic carbocycles. The fraction of sp³-hybridized carbons (Fsp3) is 0.800. The molecule has 60 valence electrons. The zero-order valence-corrected chi connectivity index (χ0v) is 6.60. The molecule has 0 saturated carbocycles. The standard InChI is InChI=1S/C5H10ClNO3/c1-5(3-8,7-6)4(9)10-2/h7-8H,3H2,1-2H3/t5-/m1/s1. The molecule has 0 aromatic heterocycles. The molecule has 2 N–H and O–H groups in total. The zero-order valence-electron chi connectivity index (χ0n) is 5.85. The van der Waals surface area contributed by atoms with Gasteiger partial charge in [0.05, 0.1) is 13.7 Å².